The fraction of sp³-hybridized carbons (Fsp3) is 1.00. The minimum Gasteiger partial charge on any atom is -0.200 e. The summed E-state index contributed by atoms with van der Waals surface area (Å²) in [7, 11) is 0. The molecule has 24 heavy (non-hydrogen) atoms. The van der Waals surface area contributed by atoms with Crippen LogP contribution in [0, 0.1) is 0 Å². The number of thioether (sulfide) groups is 1. The fourth-order valence-electron chi connectivity index (χ4n) is 1.30. The minimum atomic E-state index is -7.82. The first-order valence-corrected chi connectivity index (χ1v) is 7.00. The number of alkyl halides is 13. The summed E-state index contributed by atoms with van der Waals surface area (Å²) in [6.07, 6.45) is -9.51. The van der Waals surface area contributed by atoms with E-state index in [9.17, 15) is 57.1 Å². The normalized spacial score (nSPS) is 15.8. The Kier molecular flexibility index (Phi) is 6.48. The summed E-state index contributed by atoms with van der Waals surface area (Å²) in [6, 6.07) is 0. The molecule has 0 rings (SSSR count). The van der Waals surface area contributed by atoms with Gasteiger partial charge in [-0.05, 0) is 11.5 Å². The van der Waals surface area contributed by atoms with Gasteiger partial charge in [-0.3, -0.25) is 0 Å². The van der Waals surface area contributed by atoms with Crippen molar-refractivity contribution < 1.29 is 57.1 Å². The van der Waals surface area contributed by atoms with Gasteiger partial charge in [0.15, 0.2) is 0 Å². The average molecular weight is 408 g/mol. The van der Waals surface area contributed by atoms with Gasteiger partial charge in [0.05, 0.1) is 0 Å². The molecule has 0 aromatic carbocycles. The van der Waals surface area contributed by atoms with Crippen LogP contribution in [0.4, 0.5) is 57.1 Å². The highest BCUT2D eigenvalue weighted by atomic mass is 32.2. The average Bonchev–Trinajstić information content (AvgIpc) is 2.36. The Labute approximate surface area is 130 Å². The van der Waals surface area contributed by atoms with Crippen molar-refractivity contribution in [1.82, 2.24) is 0 Å². The SMILES string of the molecule is CCSCCC(F)(F)C(F)(F)C(F)(F)C(F)(F)C(F)(F)C(F)(F)F. The van der Waals surface area contributed by atoms with Gasteiger partial charge in [-0.15, -0.1) is 0 Å². The van der Waals surface area contributed by atoms with Gasteiger partial charge < -0.3 is 0 Å². The summed E-state index contributed by atoms with van der Waals surface area (Å²) in [4.78, 5) is 0. The second-order valence-corrected chi connectivity index (χ2v) is 5.84. The highest BCUT2D eigenvalue weighted by Gasteiger charge is 2.90. The molecule has 146 valence electrons. The lowest BCUT2D eigenvalue weighted by atomic mass is 9.93. The van der Waals surface area contributed by atoms with Crippen LogP contribution in [0.3, 0.4) is 0 Å². The first-order chi connectivity index (χ1) is 10.3. The third-order valence-corrected chi connectivity index (χ3v) is 3.66. The highest BCUT2D eigenvalue weighted by Crippen LogP contribution is 2.60. The van der Waals surface area contributed by atoms with Crippen molar-refractivity contribution >= 4 is 11.8 Å². The molecular weight excluding hydrogens is 399 g/mol. The lowest BCUT2D eigenvalue weighted by Crippen LogP contribution is -2.70. The summed E-state index contributed by atoms with van der Waals surface area (Å²) < 4.78 is 165. The first-order valence-electron chi connectivity index (χ1n) is 5.84. The third kappa shape index (κ3) is 3.52. The van der Waals surface area contributed by atoms with Crippen LogP contribution in [-0.2, 0) is 0 Å². The van der Waals surface area contributed by atoms with E-state index in [1.807, 2.05) is 0 Å². The molecule has 14 heteroatoms. The molecular formula is C10H9F13S. The third-order valence-electron chi connectivity index (χ3n) is 2.76. The zero-order valence-electron chi connectivity index (χ0n) is 11.4. The van der Waals surface area contributed by atoms with Gasteiger partial charge in [0, 0.05) is 6.42 Å². The molecule has 0 N–H and O–H groups in total. The van der Waals surface area contributed by atoms with Crippen molar-refractivity contribution in [1.29, 1.82) is 0 Å². The van der Waals surface area contributed by atoms with E-state index in [2.05, 4.69) is 0 Å². The molecule has 0 heterocycles. The van der Waals surface area contributed by atoms with Gasteiger partial charge >= 0.3 is 35.8 Å². The monoisotopic (exact) mass is 408 g/mol. The molecule has 0 aromatic heterocycles. The number of halogens is 13. The van der Waals surface area contributed by atoms with E-state index in [0.717, 1.165) is 0 Å². The van der Waals surface area contributed by atoms with Gasteiger partial charge in [-0.1, -0.05) is 6.92 Å². The van der Waals surface area contributed by atoms with E-state index in [1.165, 1.54) is 6.92 Å². The van der Waals surface area contributed by atoms with Crippen LogP contribution in [0.2, 0.25) is 0 Å². The van der Waals surface area contributed by atoms with Crippen LogP contribution in [-0.4, -0.2) is 47.3 Å². The Bertz CT molecular complexity index is 425. The van der Waals surface area contributed by atoms with Gasteiger partial charge in [0.1, 0.15) is 0 Å². The van der Waals surface area contributed by atoms with Crippen molar-refractivity contribution in [2.45, 2.75) is 49.1 Å². The maximum Gasteiger partial charge on any atom is 0.460 e. The van der Waals surface area contributed by atoms with Gasteiger partial charge in [-0.2, -0.15) is 68.8 Å². The van der Waals surface area contributed by atoms with E-state index in [-0.39, 0.29) is 5.75 Å². The smallest absolute Gasteiger partial charge is 0.200 e. The van der Waals surface area contributed by atoms with Gasteiger partial charge in [0.25, 0.3) is 0 Å². The van der Waals surface area contributed by atoms with Crippen molar-refractivity contribution in [3.05, 3.63) is 0 Å². The van der Waals surface area contributed by atoms with Gasteiger partial charge in [-0.25, -0.2) is 0 Å². The maximum atomic E-state index is 13.1. The van der Waals surface area contributed by atoms with E-state index in [4.69, 9.17) is 0 Å². The van der Waals surface area contributed by atoms with Crippen LogP contribution in [0.1, 0.15) is 13.3 Å². The highest BCUT2D eigenvalue weighted by molar-refractivity contribution is 7.99. The van der Waals surface area contributed by atoms with E-state index in [1.54, 1.807) is 0 Å². The second-order valence-electron chi connectivity index (χ2n) is 4.45. The molecule has 0 spiro atoms. The van der Waals surface area contributed by atoms with Crippen LogP contribution < -0.4 is 0 Å². The molecule has 0 bridgehead atoms. The van der Waals surface area contributed by atoms with Crippen molar-refractivity contribution in [2.24, 2.45) is 0 Å². The first kappa shape index (κ1) is 23.4. The number of hydrogen-bond donors (Lipinski definition) is 0. The molecule has 0 aliphatic rings. The van der Waals surface area contributed by atoms with Crippen molar-refractivity contribution in [3.63, 3.8) is 0 Å². The van der Waals surface area contributed by atoms with Crippen LogP contribution in [0.5, 0.6) is 0 Å². The second kappa shape index (κ2) is 6.63. The summed E-state index contributed by atoms with van der Waals surface area (Å²) in [5.41, 5.74) is 0. The molecule has 0 saturated heterocycles. The number of hydrogen-bond acceptors (Lipinski definition) is 1. The molecule has 0 saturated carbocycles. The molecule has 0 nitrogen and oxygen atoms in total. The zero-order chi connectivity index (χ0) is 19.8. The fourth-order valence-corrected chi connectivity index (χ4v) is 1.99. The molecule has 0 fully saturated rings. The zero-order valence-corrected chi connectivity index (χ0v) is 12.3. The predicted octanol–water partition coefficient (Wildman–Crippen LogP) is 5.87. The van der Waals surface area contributed by atoms with E-state index in [0.29, 0.717) is 11.8 Å². The summed E-state index contributed by atoms with van der Waals surface area (Å²) >= 11 is 0.505. The molecule has 0 radical (unpaired) electrons. The Morgan fingerprint density at radius 3 is 1.29 bits per heavy atom. The quantitative estimate of drug-likeness (QED) is 0.358. The largest absolute Gasteiger partial charge is 0.460 e. The summed E-state index contributed by atoms with van der Waals surface area (Å²) in [6.45, 7) is 1.34. The van der Waals surface area contributed by atoms with Crippen LogP contribution in [0.15, 0.2) is 0 Å². The summed E-state index contributed by atoms with van der Waals surface area (Å²) in [5.74, 6) is -37.2. The lowest BCUT2D eigenvalue weighted by Gasteiger charge is -2.39. The van der Waals surface area contributed by atoms with E-state index < -0.39 is 48.0 Å². The van der Waals surface area contributed by atoms with E-state index >= 15 is 0 Å². The molecule has 0 amide bonds. The van der Waals surface area contributed by atoms with Crippen molar-refractivity contribution in [3.8, 4) is 0 Å². The predicted molar refractivity (Wildman–Crippen MR) is 58.4 cm³/mol. The lowest BCUT2D eigenvalue weighted by molar-refractivity contribution is -0.439. The van der Waals surface area contributed by atoms with Crippen LogP contribution >= 0.6 is 11.8 Å². The Hall–Kier alpha value is -0.560. The maximum absolute atomic E-state index is 13.1. The van der Waals surface area contributed by atoms with Crippen molar-refractivity contribution in [2.75, 3.05) is 11.5 Å². The Balaban J connectivity index is 5.92. The Morgan fingerprint density at radius 2 is 0.958 bits per heavy atom. The molecule has 0 unspecified atom stereocenters. The number of rotatable bonds is 8. The topological polar surface area (TPSA) is 0 Å². The van der Waals surface area contributed by atoms with Crippen LogP contribution in [0.25, 0.3) is 0 Å². The minimum absolute atomic E-state index is 0.0420. The Morgan fingerprint density at radius 1 is 0.583 bits per heavy atom. The molecule has 0 aromatic rings. The molecule has 0 atom stereocenters. The summed E-state index contributed by atoms with van der Waals surface area (Å²) in [5, 5.41) is 0. The molecule has 0 aliphatic carbocycles. The molecule has 0 aliphatic heterocycles. The van der Waals surface area contributed by atoms with Gasteiger partial charge in [0.2, 0.25) is 0 Å². The standard InChI is InChI=1S/C10H9F13S/c1-2-24-4-3-5(11,12)6(13,14)7(15,16)8(17,18)9(19,20)10(21,22)23/h2-4H2,1H3.